The Labute approximate surface area is 114 Å². The van der Waals surface area contributed by atoms with Crippen LogP contribution in [0.5, 0.6) is 0 Å². The van der Waals surface area contributed by atoms with E-state index in [0.29, 0.717) is 6.04 Å². The van der Waals surface area contributed by atoms with Crippen LogP contribution in [0.3, 0.4) is 0 Å². The van der Waals surface area contributed by atoms with E-state index < -0.39 is 0 Å². The summed E-state index contributed by atoms with van der Waals surface area (Å²) in [6, 6.07) is 9.20. The second-order valence-electron chi connectivity index (χ2n) is 5.30. The number of aryl methyl sites for hydroxylation is 3. The second kappa shape index (κ2) is 5.57. The molecule has 0 bridgehead atoms. The summed E-state index contributed by atoms with van der Waals surface area (Å²) in [5.74, 6) is 1.79. The number of aromatic nitrogens is 1. The van der Waals surface area contributed by atoms with Gasteiger partial charge in [-0.2, -0.15) is 0 Å². The predicted octanol–water partition coefficient (Wildman–Crippen LogP) is 3.02. The molecule has 3 nitrogen and oxygen atoms in total. The lowest BCUT2D eigenvalue weighted by atomic mass is 10.0. The van der Waals surface area contributed by atoms with E-state index in [9.17, 15) is 0 Å². The highest BCUT2D eigenvalue weighted by Crippen LogP contribution is 2.19. The Morgan fingerprint density at radius 1 is 1.26 bits per heavy atom. The Kier molecular flexibility index (Phi) is 3.65. The van der Waals surface area contributed by atoms with Crippen molar-refractivity contribution in [3.8, 4) is 0 Å². The van der Waals surface area contributed by atoms with Gasteiger partial charge in [0.25, 0.3) is 0 Å². The van der Waals surface area contributed by atoms with Gasteiger partial charge in [-0.15, -0.1) is 0 Å². The van der Waals surface area contributed by atoms with E-state index in [2.05, 4.69) is 41.5 Å². The smallest absolute Gasteiger partial charge is 0.208 e. The minimum Gasteiger partial charge on any atom is -0.444 e. The monoisotopic (exact) mass is 256 g/mol. The molecule has 0 atom stereocenters. The minimum absolute atomic E-state index is 0.697. The molecule has 100 valence electrons. The first-order valence-corrected chi connectivity index (χ1v) is 7.03. The van der Waals surface area contributed by atoms with Crippen molar-refractivity contribution in [2.24, 2.45) is 0 Å². The van der Waals surface area contributed by atoms with Crippen LogP contribution < -0.4 is 5.32 Å². The van der Waals surface area contributed by atoms with Crippen LogP contribution in [0.2, 0.25) is 0 Å². The molecular formula is C16H20N2O. The van der Waals surface area contributed by atoms with Crippen LogP contribution >= 0.6 is 0 Å². The van der Waals surface area contributed by atoms with E-state index in [1.807, 2.05) is 6.20 Å². The summed E-state index contributed by atoms with van der Waals surface area (Å²) in [4.78, 5) is 4.32. The van der Waals surface area contributed by atoms with Gasteiger partial charge in [0, 0.05) is 12.5 Å². The SMILES string of the molecule is Cc1ccccc1CCc1cnc(CNC2CC2)o1. The standard InChI is InChI=1S/C16H20N2O/c1-12-4-2-3-5-13(12)6-9-15-10-18-16(19-15)11-17-14-7-8-14/h2-5,10,14,17H,6-9,11H2,1H3. The molecule has 0 spiro atoms. The molecule has 0 saturated heterocycles. The van der Waals surface area contributed by atoms with Crippen LogP contribution in [0, 0.1) is 6.92 Å². The van der Waals surface area contributed by atoms with Gasteiger partial charge in [-0.1, -0.05) is 24.3 Å². The zero-order valence-electron chi connectivity index (χ0n) is 11.4. The third-order valence-electron chi connectivity index (χ3n) is 3.62. The van der Waals surface area contributed by atoms with Gasteiger partial charge in [-0.05, 0) is 37.3 Å². The van der Waals surface area contributed by atoms with Crippen molar-refractivity contribution in [2.45, 2.75) is 45.2 Å². The maximum Gasteiger partial charge on any atom is 0.208 e. The van der Waals surface area contributed by atoms with Crippen molar-refractivity contribution in [1.82, 2.24) is 10.3 Å². The average Bonchev–Trinajstić information content (AvgIpc) is 3.14. The van der Waals surface area contributed by atoms with Gasteiger partial charge in [0.15, 0.2) is 0 Å². The largest absolute Gasteiger partial charge is 0.444 e. The zero-order valence-corrected chi connectivity index (χ0v) is 11.4. The predicted molar refractivity (Wildman–Crippen MR) is 75.0 cm³/mol. The van der Waals surface area contributed by atoms with Gasteiger partial charge < -0.3 is 9.73 Å². The normalized spacial score (nSPS) is 14.8. The molecule has 1 aliphatic rings. The van der Waals surface area contributed by atoms with Crippen LogP contribution in [0.1, 0.15) is 35.6 Å². The van der Waals surface area contributed by atoms with Crippen molar-refractivity contribution >= 4 is 0 Å². The van der Waals surface area contributed by atoms with E-state index in [1.165, 1.54) is 24.0 Å². The van der Waals surface area contributed by atoms with Crippen molar-refractivity contribution < 1.29 is 4.42 Å². The Hall–Kier alpha value is -1.61. The third-order valence-corrected chi connectivity index (χ3v) is 3.62. The van der Waals surface area contributed by atoms with Gasteiger partial charge in [0.05, 0.1) is 12.7 Å². The Morgan fingerprint density at radius 2 is 2.11 bits per heavy atom. The van der Waals surface area contributed by atoms with Gasteiger partial charge in [-0.25, -0.2) is 4.98 Å². The van der Waals surface area contributed by atoms with Crippen LogP contribution in [0.15, 0.2) is 34.9 Å². The highest BCUT2D eigenvalue weighted by atomic mass is 16.4. The lowest BCUT2D eigenvalue weighted by Gasteiger charge is -2.03. The van der Waals surface area contributed by atoms with Crippen molar-refractivity contribution in [3.05, 3.63) is 53.2 Å². The molecule has 3 heteroatoms. The summed E-state index contributed by atoms with van der Waals surface area (Å²) >= 11 is 0. The summed E-state index contributed by atoms with van der Waals surface area (Å²) in [6.07, 6.45) is 6.38. The van der Waals surface area contributed by atoms with E-state index >= 15 is 0 Å². The Balaban J connectivity index is 1.53. The van der Waals surface area contributed by atoms with Gasteiger partial charge in [0.2, 0.25) is 5.89 Å². The van der Waals surface area contributed by atoms with Crippen molar-refractivity contribution in [2.75, 3.05) is 0 Å². The first-order chi connectivity index (χ1) is 9.31. The highest BCUT2D eigenvalue weighted by molar-refractivity contribution is 5.26. The van der Waals surface area contributed by atoms with Crippen molar-refractivity contribution in [3.63, 3.8) is 0 Å². The fraction of sp³-hybridized carbons (Fsp3) is 0.438. The number of nitrogens with one attached hydrogen (secondary N) is 1. The molecule has 2 aromatic rings. The van der Waals surface area contributed by atoms with Crippen molar-refractivity contribution in [1.29, 1.82) is 0 Å². The zero-order chi connectivity index (χ0) is 13.1. The second-order valence-corrected chi connectivity index (χ2v) is 5.30. The molecule has 1 fully saturated rings. The molecule has 19 heavy (non-hydrogen) atoms. The van der Waals surface area contributed by atoms with Gasteiger partial charge >= 0.3 is 0 Å². The number of hydrogen-bond donors (Lipinski definition) is 1. The molecule has 1 aromatic carbocycles. The number of nitrogens with zero attached hydrogens (tertiary/aromatic N) is 1. The molecule has 0 unspecified atom stereocenters. The molecule has 0 amide bonds. The molecule has 1 heterocycles. The molecular weight excluding hydrogens is 236 g/mol. The number of oxazole rings is 1. The summed E-state index contributed by atoms with van der Waals surface area (Å²) < 4.78 is 5.75. The summed E-state index contributed by atoms with van der Waals surface area (Å²) in [5.41, 5.74) is 2.73. The van der Waals surface area contributed by atoms with Gasteiger partial charge in [0.1, 0.15) is 5.76 Å². The molecule has 1 aromatic heterocycles. The maximum absolute atomic E-state index is 5.75. The van der Waals surface area contributed by atoms with Gasteiger partial charge in [-0.3, -0.25) is 0 Å². The quantitative estimate of drug-likeness (QED) is 0.863. The molecule has 1 aliphatic carbocycles. The Morgan fingerprint density at radius 3 is 2.89 bits per heavy atom. The third kappa shape index (κ3) is 3.44. The van der Waals surface area contributed by atoms with E-state index in [-0.39, 0.29) is 0 Å². The van der Waals surface area contributed by atoms with E-state index in [1.54, 1.807) is 0 Å². The minimum atomic E-state index is 0.697. The number of rotatable bonds is 6. The summed E-state index contributed by atoms with van der Waals surface area (Å²) in [7, 11) is 0. The number of benzene rings is 1. The fourth-order valence-electron chi connectivity index (χ4n) is 2.21. The van der Waals surface area contributed by atoms with Crippen LogP contribution in [-0.2, 0) is 19.4 Å². The lowest BCUT2D eigenvalue weighted by molar-refractivity contribution is 0.434. The average molecular weight is 256 g/mol. The molecule has 0 radical (unpaired) electrons. The number of hydrogen-bond acceptors (Lipinski definition) is 3. The van der Waals surface area contributed by atoms with Crippen LogP contribution in [0.4, 0.5) is 0 Å². The first-order valence-electron chi connectivity index (χ1n) is 7.03. The fourth-order valence-corrected chi connectivity index (χ4v) is 2.21. The Bertz CT molecular complexity index is 543. The highest BCUT2D eigenvalue weighted by Gasteiger charge is 2.20. The lowest BCUT2D eigenvalue weighted by Crippen LogP contribution is -2.15. The molecule has 3 rings (SSSR count). The molecule has 1 N–H and O–H groups in total. The van der Waals surface area contributed by atoms with E-state index in [0.717, 1.165) is 31.0 Å². The van der Waals surface area contributed by atoms with Crippen LogP contribution in [-0.4, -0.2) is 11.0 Å². The van der Waals surface area contributed by atoms with Crippen LogP contribution in [0.25, 0.3) is 0 Å². The first kappa shape index (κ1) is 12.4. The topological polar surface area (TPSA) is 38.1 Å². The summed E-state index contributed by atoms with van der Waals surface area (Å²) in [5, 5.41) is 3.41. The summed E-state index contributed by atoms with van der Waals surface area (Å²) in [6.45, 7) is 2.91. The maximum atomic E-state index is 5.75. The van der Waals surface area contributed by atoms with E-state index in [4.69, 9.17) is 4.42 Å². The molecule has 0 aliphatic heterocycles. The molecule has 1 saturated carbocycles.